The zero-order chi connectivity index (χ0) is 17.9. The van der Waals surface area contributed by atoms with Crippen LogP contribution < -0.4 is 10.2 Å². The van der Waals surface area contributed by atoms with E-state index < -0.39 is 11.7 Å². The quantitative estimate of drug-likeness (QED) is 0.911. The highest BCUT2D eigenvalue weighted by molar-refractivity contribution is 5.49. The van der Waals surface area contributed by atoms with E-state index in [0.717, 1.165) is 42.5 Å². The van der Waals surface area contributed by atoms with E-state index in [1.54, 1.807) is 6.20 Å². The van der Waals surface area contributed by atoms with Gasteiger partial charge in [-0.1, -0.05) is 12.6 Å². The molecule has 0 amide bonds. The lowest BCUT2D eigenvalue weighted by molar-refractivity contribution is -0.137. The number of pyridine rings is 1. The Kier molecular flexibility index (Phi) is 4.83. The van der Waals surface area contributed by atoms with Crippen LogP contribution in [0.1, 0.15) is 5.56 Å². The number of anilines is 2. The number of rotatable bonds is 4. The second-order valence-corrected chi connectivity index (χ2v) is 5.81. The minimum atomic E-state index is -4.30. The van der Waals surface area contributed by atoms with Gasteiger partial charge in [-0.25, -0.2) is 4.98 Å². The molecule has 1 aromatic carbocycles. The fourth-order valence-electron chi connectivity index (χ4n) is 2.76. The number of nitrogens with zero attached hydrogens (tertiary/aromatic N) is 3. The van der Waals surface area contributed by atoms with E-state index in [9.17, 15) is 13.2 Å². The normalized spacial score (nSPS) is 15.2. The molecule has 132 valence electrons. The molecule has 1 saturated heterocycles. The summed E-state index contributed by atoms with van der Waals surface area (Å²) in [5, 5.41) is 3.17. The SMILES string of the molecule is C=C(Nc1ccccn1)N1CCN(c2ccc(C(F)(F)F)cc2)CC1. The summed E-state index contributed by atoms with van der Waals surface area (Å²) in [6.07, 6.45) is -2.59. The Morgan fingerprint density at radius 2 is 1.68 bits per heavy atom. The van der Waals surface area contributed by atoms with Crippen molar-refractivity contribution in [1.82, 2.24) is 9.88 Å². The van der Waals surface area contributed by atoms with Crippen LogP contribution in [-0.2, 0) is 6.18 Å². The molecule has 7 heteroatoms. The second kappa shape index (κ2) is 7.04. The first-order valence-corrected chi connectivity index (χ1v) is 7.97. The van der Waals surface area contributed by atoms with Crippen molar-refractivity contribution in [3.05, 3.63) is 66.6 Å². The number of piperazine rings is 1. The van der Waals surface area contributed by atoms with Crippen LogP contribution in [0.25, 0.3) is 0 Å². The Bertz CT molecular complexity index is 705. The number of hydrogen-bond donors (Lipinski definition) is 1. The van der Waals surface area contributed by atoms with E-state index in [1.165, 1.54) is 12.1 Å². The predicted molar refractivity (Wildman–Crippen MR) is 92.2 cm³/mol. The lowest BCUT2D eigenvalue weighted by Crippen LogP contribution is -2.46. The molecule has 1 aromatic heterocycles. The monoisotopic (exact) mass is 348 g/mol. The molecule has 1 fully saturated rings. The first kappa shape index (κ1) is 17.1. The third-order valence-corrected chi connectivity index (χ3v) is 4.16. The molecule has 0 saturated carbocycles. The topological polar surface area (TPSA) is 31.4 Å². The molecule has 1 aliphatic heterocycles. The minimum Gasteiger partial charge on any atom is -0.368 e. The van der Waals surface area contributed by atoms with Crippen molar-refractivity contribution in [3.63, 3.8) is 0 Å². The molecule has 0 radical (unpaired) electrons. The lowest BCUT2D eigenvalue weighted by Gasteiger charge is -2.38. The fourth-order valence-corrected chi connectivity index (χ4v) is 2.76. The Labute approximate surface area is 144 Å². The predicted octanol–water partition coefficient (Wildman–Crippen LogP) is 3.81. The maximum Gasteiger partial charge on any atom is 0.416 e. The van der Waals surface area contributed by atoms with E-state index in [0.29, 0.717) is 13.1 Å². The summed E-state index contributed by atoms with van der Waals surface area (Å²) in [4.78, 5) is 8.38. The standard InChI is InChI=1S/C18H19F3N4/c1-14(23-17-4-2-3-9-22-17)24-10-12-25(13-11-24)16-7-5-15(6-8-16)18(19,20)21/h2-9H,1,10-13H2,(H,22,23). The molecule has 2 aromatic rings. The largest absolute Gasteiger partial charge is 0.416 e. The van der Waals surface area contributed by atoms with E-state index >= 15 is 0 Å². The number of nitrogens with one attached hydrogen (secondary N) is 1. The van der Waals surface area contributed by atoms with Crippen LogP contribution in [0.2, 0.25) is 0 Å². The van der Waals surface area contributed by atoms with Crippen LogP contribution in [0.3, 0.4) is 0 Å². The Morgan fingerprint density at radius 1 is 1.00 bits per heavy atom. The van der Waals surface area contributed by atoms with Gasteiger partial charge in [0.25, 0.3) is 0 Å². The lowest BCUT2D eigenvalue weighted by atomic mass is 10.1. The third kappa shape index (κ3) is 4.23. The van der Waals surface area contributed by atoms with Crippen LogP contribution in [0.4, 0.5) is 24.7 Å². The molecule has 3 rings (SSSR count). The van der Waals surface area contributed by atoms with Crippen LogP contribution in [0, 0.1) is 0 Å². The number of hydrogen-bond acceptors (Lipinski definition) is 4. The van der Waals surface area contributed by atoms with Gasteiger partial charge < -0.3 is 15.1 Å². The van der Waals surface area contributed by atoms with Crippen LogP contribution >= 0.6 is 0 Å². The van der Waals surface area contributed by atoms with Crippen molar-refractivity contribution in [2.24, 2.45) is 0 Å². The highest BCUT2D eigenvalue weighted by Gasteiger charge is 2.30. The van der Waals surface area contributed by atoms with E-state index in [-0.39, 0.29) is 0 Å². The van der Waals surface area contributed by atoms with Gasteiger partial charge in [0.2, 0.25) is 0 Å². The number of halogens is 3. The van der Waals surface area contributed by atoms with Crippen LogP contribution in [0.15, 0.2) is 61.1 Å². The summed E-state index contributed by atoms with van der Waals surface area (Å²) < 4.78 is 37.9. The van der Waals surface area contributed by atoms with E-state index in [1.807, 2.05) is 18.2 Å². The molecule has 25 heavy (non-hydrogen) atoms. The Hall–Kier alpha value is -2.70. The highest BCUT2D eigenvalue weighted by atomic mass is 19.4. The molecule has 1 N–H and O–H groups in total. The second-order valence-electron chi connectivity index (χ2n) is 5.81. The molecule has 1 aliphatic rings. The summed E-state index contributed by atoms with van der Waals surface area (Å²) in [7, 11) is 0. The van der Waals surface area contributed by atoms with Crippen molar-refractivity contribution >= 4 is 11.5 Å². The Morgan fingerprint density at radius 3 is 2.24 bits per heavy atom. The first-order chi connectivity index (χ1) is 11.9. The summed E-state index contributed by atoms with van der Waals surface area (Å²) in [5.41, 5.74) is 0.179. The maximum absolute atomic E-state index is 12.6. The first-order valence-electron chi connectivity index (χ1n) is 7.97. The summed E-state index contributed by atoms with van der Waals surface area (Å²) in [5.74, 6) is 1.50. The van der Waals surface area contributed by atoms with Gasteiger partial charge in [-0.2, -0.15) is 13.2 Å². The van der Waals surface area contributed by atoms with Gasteiger partial charge in [0.05, 0.1) is 11.4 Å². The van der Waals surface area contributed by atoms with Gasteiger partial charge in [-0.15, -0.1) is 0 Å². The van der Waals surface area contributed by atoms with Gasteiger partial charge in [0.15, 0.2) is 0 Å². The van der Waals surface area contributed by atoms with Crippen LogP contribution in [-0.4, -0.2) is 36.1 Å². The Balaban J connectivity index is 1.55. The van der Waals surface area contributed by atoms with Crippen molar-refractivity contribution in [2.45, 2.75) is 6.18 Å². The molecule has 0 bridgehead atoms. The average molecular weight is 348 g/mol. The number of aromatic nitrogens is 1. The fraction of sp³-hybridized carbons (Fsp3) is 0.278. The summed E-state index contributed by atoms with van der Waals surface area (Å²) >= 11 is 0. The zero-order valence-corrected chi connectivity index (χ0v) is 13.6. The van der Waals surface area contributed by atoms with Crippen LogP contribution in [0.5, 0.6) is 0 Å². The molecule has 0 unspecified atom stereocenters. The number of benzene rings is 1. The number of alkyl halides is 3. The molecule has 4 nitrogen and oxygen atoms in total. The highest BCUT2D eigenvalue weighted by Crippen LogP contribution is 2.30. The van der Waals surface area contributed by atoms with Crippen molar-refractivity contribution in [1.29, 1.82) is 0 Å². The van der Waals surface area contributed by atoms with Crippen molar-refractivity contribution in [2.75, 3.05) is 36.4 Å². The van der Waals surface area contributed by atoms with Gasteiger partial charge in [0.1, 0.15) is 5.82 Å². The van der Waals surface area contributed by atoms with Gasteiger partial charge >= 0.3 is 6.18 Å². The summed E-state index contributed by atoms with van der Waals surface area (Å²) in [6, 6.07) is 10.9. The van der Waals surface area contributed by atoms with Gasteiger partial charge in [0, 0.05) is 38.1 Å². The molecule has 2 heterocycles. The maximum atomic E-state index is 12.6. The molecule has 0 atom stereocenters. The minimum absolute atomic E-state index is 0.622. The van der Waals surface area contributed by atoms with Crippen molar-refractivity contribution in [3.8, 4) is 0 Å². The van der Waals surface area contributed by atoms with E-state index in [4.69, 9.17) is 0 Å². The van der Waals surface area contributed by atoms with Crippen molar-refractivity contribution < 1.29 is 13.2 Å². The van der Waals surface area contributed by atoms with Gasteiger partial charge in [-0.3, -0.25) is 0 Å². The van der Waals surface area contributed by atoms with E-state index in [2.05, 4.69) is 26.7 Å². The molecular formula is C18H19F3N4. The molecule has 0 aliphatic carbocycles. The zero-order valence-electron chi connectivity index (χ0n) is 13.6. The molecule has 0 spiro atoms. The molecular weight excluding hydrogens is 329 g/mol. The smallest absolute Gasteiger partial charge is 0.368 e. The average Bonchev–Trinajstić information content (AvgIpc) is 2.62. The summed E-state index contributed by atoms with van der Waals surface area (Å²) in [6.45, 7) is 6.95. The van der Waals surface area contributed by atoms with Gasteiger partial charge in [-0.05, 0) is 36.4 Å². The third-order valence-electron chi connectivity index (χ3n) is 4.16.